The molecule has 1 amide bonds. The summed E-state index contributed by atoms with van der Waals surface area (Å²) in [4.78, 5) is 13.5. The molecular weight excluding hydrogens is 218 g/mol. The zero-order valence-corrected chi connectivity index (χ0v) is 10.4. The predicted molar refractivity (Wildman–Crippen MR) is 64.2 cm³/mol. The number of hydrogen-bond donors (Lipinski definition) is 1. The number of nitrogens with zero attached hydrogens (tertiary/aromatic N) is 2. The van der Waals surface area contributed by atoms with Gasteiger partial charge in [0.1, 0.15) is 5.60 Å². The van der Waals surface area contributed by atoms with E-state index >= 15 is 0 Å². The van der Waals surface area contributed by atoms with E-state index in [4.69, 9.17) is 4.74 Å². The minimum absolute atomic E-state index is 0.294. The Labute approximate surface area is 100 Å². The Morgan fingerprint density at radius 3 is 2.82 bits per heavy atom. The van der Waals surface area contributed by atoms with Gasteiger partial charge in [0.2, 0.25) is 0 Å². The van der Waals surface area contributed by atoms with E-state index in [1.165, 1.54) is 0 Å². The number of ether oxygens (including phenoxy) is 1. The average Bonchev–Trinajstić information content (AvgIpc) is 2.72. The molecule has 2 rings (SSSR count). The van der Waals surface area contributed by atoms with Gasteiger partial charge in [-0.3, -0.25) is 10.00 Å². The molecule has 1 aliphatic rings. The highest BCUT2D eigenvalue weighted by Crippen LogP contribution is 2.25. The minimum atomic E-state index is -0.465. The van der Waals surface area contributed by atoms with Crippen LogP contribution in [0.5, 0.6) is 0 Å². The topological polar surface area (TPSA) is 58.2 Å². The number of amides is 1. The smallest absolute Gasteiger partial charge is 0.410 e. The van der Waals surface area contributed by atoms with Gasteiger partial charge in [0, 0.05) is 5.56 Å². The van der Waals surface area contributed by atoms with E-state index in [-0.39, 0.29) is 6.09 Å². The summed E-state index contributed by atoms with van der Waals surface area (Å²) in [5.74, 6) is 0. The maximum atomic E-state index is 11.9. The monoisotopic (exact) mass is 235 g/mol. The molecule has 92 valence electrons. The van der Waals surface area contributed by atoms with Crippen LogP contribution >= 0.6 is 0 Å². The maximum Gasteiger partial charge on any atom is 0.410 e. The fourth-order valence-electron chi connectivity index (χ4n) is 1.79. The van der Waals surface area contributed by atoms with Gasteiger partial charge in [0.25, 0.3) is 0 Å². The van der Waals surface area contributed by atoms with Crippen LogP contribution < -0.4 is 0 Å². The van der Waals surface area contributed by atoms with Crippen LogP contribution in [0.3, 0.4) is 0 Å². The molecule has 0 saturated heterocycles. The molecular formula is C12H17N3O2. The lowest BCUT2D eigenvalue weighted by Crippen LogP contribution is -2.33. The van der Waals surface area contributed by atoms with Crippen LogP contribution in [0, 0.1) is 0 Å². The first-order chi connectivity index (χ1) is 7.90. The molecule has 0 aliphatic carbocycles. The fourth-order valence-corrected chi connectivity index (χ4v) is 1.79. The Bertz CT molecular complexity index is 457. The lowest BCUT2D eigenvalue weighted by molar-refractivity contribution is 0.0239. The number of H-pyrrole nitrogens is 1. The quantitative estimate of drug-likeness (QED) is 0.812. The predicted octanol–water partition coefficient (Wildman–Crippen LogP) is 2.30. The minimum Gasteiger partial charge on any atom is -0.444 e. The number of carbonyl (C=O) groups is 1. The molecule has 5 heteroatoms. The van der Waals surface area contributed by atoms with Crippen molar-refractivity contribution in [3.8, 4) is 0 Å². The largest absolute Gasteiger partial charge is 0.444 e. The molecule has 17 heavy (non-hydrogen) atoms. The fraction of sp³-hybridized carbons (Fsp3) is 0.500. The lowest BCUT2D eigenvalue weighted by Gasteiger charge is -2.24. The summed E-state index contributed by atoms with van der Waals surface area (Å²) in [6.07, 6.45) is 1.39. The average molecular weight is 235 g/mol. The third kappa shape index (κ3) is 2.33. The second kappa shape index (κ2) is 3.91. The van der Waals surface area contributed by atoms with Crippen LogP contribution in [0.1, 0.15) is 37.7 Å². The molecule has 0 radical (unpaired) electrons. The van der Waals surface area contributed by atoms with Crippen LogP contribution in [-0.2, 0) is 17.8 Å². The van der Waals surface area contributed by atoms with Crippen molar-refractivity contribution < 1.29 is 9.53 Å². The van der Waals surface area contributed by atoms with Crippen LogP contribution in [0.4, 0.5) is 4.79 Å². The van der Waals surface area contributed by atoms with Gasteiger partial charge in [-0.05, 0) is 26.8 Å². The van der Waals surface area contributed by atoms with Gasteiger partial charge >= 0.3 is 6.09 Å². The van der Waals surface area contributed by atoms with Gasteiger partial charge in [-0.2, -0.15) is 5.10 Å². The molecule has 0 aromatic carbocycles. The van der Waals surface area contributed by atoms with Gasteiger partial charge in [-0.1, -0.05) is 6.58 Å². The molecule has 1 aromatic heterocycles. The number of rotatable bonds is 1. The Morgan fingerprint density at radius 2 is 2.24 bits per heavy atom. The Balaban J connectivity index is 2.07. The van der Waals surface area contributed by atoms with Crippen molar-refractivity contribution in [1.82, 2.24) is 15.1 Å². The van der Waals surface area contributed by atoms with E-state index in [1.807, 2.05) is 20.8 Å². The normalized spacial score (nSPS) is 14.6. The van der Waals surface area contributed by atoms with Crippen LogP contribution in [-0.4, -0.2) is 26.8 Å². The highest BCUT2D eigenvalue weighted by molar-refractivity contribution is 5.69. The molecule has 5 nitrogen and oxygen atoms in total. The first-order valence-electron chi connectivity index (χ1n) is 5.57. The van der Waals surface area contributed by atoms with E-state index in [1.54, 1.807) is 11.0 Å². The van der Waals surface area contributed by atoms with Gasteiger partial charge in [0.15, 0.2) is 0 Å². The van der Waals surface area contributed by atoms with E-state index in [9.17, 15) is 4.79 Å². The molecule has 2 heterocycles. The SMILES string of the molecule is C=Cc1n[nH]c2c1CN(C(=O)OC(C)(C)C)C2. The van der Waals surface area contributed by atoms with Crippen molar-refractivity contribution in [3.63, 3.8) is 0 Å². The molecule has 0 atom stereocenters. The summed E-state index contributed by atoms with van der Waals surface area (Å²) >= 11 is 0. The number of aromatic nitrogens is 2. The molecule has 1 aromatic rings. The Hall–Kier alpha value is -1.78. The first kappa shape index (κ1) is 11.7. The van der Waals surface area contributed by atoms with Crippen LogP contribution in [0.15, 0.2) is 6.58 Å². The first-order valence-corrected chi connectivity index (χ1v) is 5.57. The van der Waals surface area contributed by atoms with E-state index < -0.39 is 5.60 Å². The third-order valence-corrected chi connectivity index (χ3v) is 2.53. The number of aromatic amines is 1. The standard InChI is InChI=1S/C12H17N3O2/c1-5-9-8-6-15(7-10(8)14-13-9)11(16)17-12(2,3)4/h5H,1,6-7H2,2-4H3,(H,13,14). The van der Waals surface area contributed by atoms with Gasteiger partial charge in [-0.25, -0.2) is 4.79 Å². The summed E-state index contributed by atoms with van der Waals surface area (Å²) < 4.78 is 5.32. The molecule has 0 bridgehead atoms. The van der Waals surface area contributed by atoms with Crippen molar-refractivity contribution in [2.75, 3.05) is 0 Å². The molecule has 0 fully saturated rings. The number of fused-ring (bicyclic) bond motifs is 1. The summed E-state index contributed by atoms with van der Waals surface area (Å²) in [7, 11) is 0. The van der Waals surface area contributed by atoms with E-state index in [2.05, 4.69) is 16.8 Å². The Morgan fingerprint density at radius 1 is 1.53 bits per heavy atom. The van der Waals surface area contributed by atoms with Crippen molar-refractivity contribution >= 4 is 12.2 Å². The maximum absolute atomic E-state index is 11.9. The number of nitrogens with one attached hydrogen (secondary N) is 1. The second-order valence-electron chi connectivity index (χ2n) is 5.11. The molecule has 1 aliphatic heterocycles. The Kier molecular flexibility index (Phi) is 2.69. The molecule has 0 unspecified atom stereocenters. The summed E-state index contributed by atoms with van der Waals surface area (Å²) in [6, 6.07) is 0. The highest BCUT2D eigenvalue weighted by Gasteiger charge is 2.30. The molecule has 0 spiro atoms. The van der Waals surface area contributed by atoms with Crippen LogP contribution in [0.2, 0.25) is 0 Å². The number of hydrogen-bond acceptors (Lipinski definition) is 3. The lowest BCUT2D eigenvalue weighted by atomic mass is 10.2. The summed E-state index contributed by atoms with van der Waals surface area (Å²) in [5, 5.41) is 7.02. The van der Waals surface area contributed by atoms with Crippen molar-refractivity contribution in [1.29, 1.82) is 0 Å². The zero-order valence-electron chi connectivity index (χ0n) is 10.4. The number of carbonyl (C=O) groups excluding carboxylic acids is 1. The third-order valence-electron chi connectivity index (χ3n) is 2.53. The summed E-state index contributed by atoms with van der Waals surface area (Å²) in [5.41, 5.74) is 2.34. The highest BCUT2D eigenvalue weighted by atomic mass is 16.6. The van der Waals surface area contributed by atoms with Gasteiger partial charge in [0.05, 0.1) is 24.5 Å². The van der Waals surface area contributed by atoms with Crippen molar-refractivity contribution in [2.24, 2.45) is 0 Å². The summed E-state index contributed by atoms with van der Waals surface area (Å²) in [6.45, 7) is 10.3. The van der Waals surface area contributed by atoms with Gasteiger partial charge < -0.3 is 4.74 Å². The van der Waals surface area contributed by atoms with Gasteiger partial charge in [-0.15, -0.1) is 0 Å². The molecule has 1 N–H and O–H groups in total. The zero-order chi connectivity index (χ0) is 12.6. The van der Waals surface area contributed by atoms with E-state index in [0.29, 0.717) is 13.1 Å². The molecule has 0 saturated carbocycles. The van der Waals surface area contributed by atoms with Crippen molar-refractivity contribution in [2.45, 2.75) is 39.5 Å². The van der Waals surface area contributed by atoms with Crippen molar-refractivity contribution in [3.05, 3.63) is 23.5 Å². The van der Waals surface area contributed by atoms with Crippen LogP contribution in [0.25, 0.3) is 6.08 Å². The van der Waals surface area contributed by atoms with E-state index in [0.717, 1.165) is 17.0 Å². The second-order valence-corrected chi connectivity index (χ2v) is 5.11.